The van der Waals surface area contributed by atoms with Crippen LogP contribution in [0.3, 0.4) is 0 Å². The number of halogens is 1. The third-order valence-corrected chi connectivity index (χ3v) is 0.878. The average Bonchev–Trinajstić information content (AvgIpc) is 1.89. The maximum absolute atomic E-state index is 11.4. The van der Waals surface area contributed by atoms with E-state index in [0.29, 0.717) is 0 Å². The summed E-state index contributed by atoms with van der Waals surface area (Å²) in [6.07, 6.45) is 4.75. The zero-order chi connectivity index (χ0) is 7.11. The SMILES string of the molecule is CO/C(C)=C/C=C\CF. The van der Waals surface area contributed by atoms with Gasteiger partial charge in [0.15, 0.2) is 0 Å². The lowest BCUT2D eigenvalue weighted by Crippen LogP contribution is -1.75. The molecule has 2 heteroatoms. The van der Waals surface area contributed by atoms with Gasteiger partial charge in [-0.1, -0.05) is 12.2 Å². The molecule has 0 fully saturated rings. The van der Waals surface area contributed by atoms with Crippen molar-refractivity contribution in [2.24, 2.45) is 0 Å². The minimum Gasteiger partial charge on any atom is -0.501 e. The van der Waals surface area contributed by atoms with Crippen LogP contribution < -0.4 is 0 Å². The van der Waals surface area contributed by atoms with E-state index in [4.69, 9.17) is 4.74 Å². The second kappa shape index (κ2) is 5.35. The number of alkyl halides is 1. The first-order valence-corrected chi connectivity index (χ1v) is 2.74. The number of hydrogen-bond acceptors (Lipinski definition) is 1. The van der Waals surface area contributed by atoms with E-state index in [2.05, 4.69) is 0 Å². The van der Waals surface area contributed by atoms with Crippen LogP contribution in [-0.4, -0.2) is 13.8 Å². The molecule has 0 aliphatic rings. The predicted octanol–water partition coefficient (Wildman–Crippen LogP) is 2.06. The van der Waals surface area contributed by atoms with Crippen molar-refractivity contribution >= 4 is 0 Å². The van der Waals surface area contributed by atoms with Gasteiger partial charge in [-0.3, -0.25) is 0 Å². The molecule has 0 heterocycles. The minimum absolute atomic E-state index is 0.423. The van der Waals surface area contributed by atoms with Gasteiger partial charge in [0.1, 0.15) is 6.67 Å². The molecule has 0 aliphatic heterocycles. The highest BCUT2D eigenvalue weighted by Gasteiger charge is 1.76. The van der Waals surface area contributed by atoms with Crippen LogP contribution >= 0.6 is 0 Å². The van der Waals surface area contributed by atoms with Crippen LogP contribution in [0.5, 0.6) is 0 Å². The van der Waals surface area contributed by atoms with Crippen LogP contribution in [0.1, 0.15) is 6.92 Å². The summed E-state index contributed by atoms with van der Waals surface area (Å²) >= 11 is 0. The lowest BCUT2D eigenvalue weighted by molar-refractivity contribution is 0.294. The molecular weight excluding hydrogens is 119 g/mol. The molecule has 0 N–H and O–H groups in total. The van der Waals surface area contributed by atoms with Crippen molar-refractivity contribution in [3.8, 4) is 0 Å². The van der Waals surface area contributed by atoms with Gasteiger partial charge in [0.05, 0.1) is 12.9 Å². The van der Waals surface area contributed by atoms with Crippen LogP contribution in [0.25, 0.3) is 0 Å². The Morgan fingerprint density at radius 1 is 1.67 bits per heavy atom. The fourth-order valence-corrected chi connectivity index (χ4v) is 0.323. The van der Waals surface area contributed by atoms with Gasteiger partial charge in [0.2, 0.25) is 0 Å². The first kappa shape index (κ1) is 8.21. The Morgan fingerprint density at radius 3 is 2.78 bits per heavy atom. The monoisotopic (exact) mass is 130 g/mol. The van der Waals surface area contributed by atoms with E-state index >= 15 is 0 Å². The summed E-state index contributed by atoms with van der Waals surface area (Å²) in [5, 5.41) is 0. The van der Waals surface area contributed by atoms with Gasteiger partial charge in [-0.05, 0) is 13.0 Å². The molecule has 0 amide bonds. The quantitative estimate of drug-likeness (QED) is 0.419. The van der Waals surface area contributed by atoms with Crippen LogP contribution in [0.2, 0.25) is 0 Å². The molecule has 0 saturated carbocycles. The van der Waals surface area contributed by atoms with Gasteiger partial charge < -0.3 is 4.74 Å². The average molecular weight is 130 g/mol. The van der Waals surface area contributed by atoms with E-state index in [1.165, 1.54) is 6.08 Å². The molecule has 0 unspecified atom stereocenters. The van der Waals surface area contributed by atoms with E-state index in [9.17, 15) is 4.39 Å². The highest BCUT2D eigenvalue weighted by atomic mass is 19.1. The molecule has 1 nitrogen and oxygen atoms in total. The zero-order valence-electron chi connectivity index (χ0n) is 5.73. The van der Waals surface area contributed by atoms with Gasteiger partial charge in [-0.15, -0.1) is 0 Å². The molecule has 0 aromatic carbocycles. The molecule has 0 bridgehead atoms. The molecule has 0 saturated heterocycles. The Balaban J connectivity index is 3.55. The first-order valence-electron chi connectivity index (χ1n) is 2.74. The summed E-state index contributed by atoms with van der Waals surface area (Å²) in [4.78, 5) is 0. The van der Waals surface area contributed by atoms with Crippen molar-refractivity contribution < 1.29 is 9.13 Å². The van der Waals surface area contributed by atoms with Gasteiger partial charge in [0.25, 0.3) is 0 Å². The summed E-state index contributed by atoms with van der Waals surface area (Å²) < 4.78 is 16.2. The zero-order valence-corrected chi connectivity index (χ0v) is 5.73. The second-order valence-electron chi connectivity index (χ2n) is 1.56. The Morgan fingerprint density at radius 2 is 2.33 bits per heavy atom. The van der Waals surface area contributed by atoms with Gasteiger partial charge >= 0.3 is 0 Å². The lowest BCUT2D eigenvalue weighted by Gasteiger charge is -1.92. The molecule has 0 spiro atoms. The third kappa shape index (κ3) is 5.07. The summed E-state index contributed by atoms with van der Waals surface area (Å²) in [5.41, 5.74) is 0. The topological polar surface area (TPSA) is 9.23 Å². The van der Waals surface area contributed by atoms with E-state index < -0.39 is 6.67 Å². The smallest absolute Gasteiger partial charge is 0.108 e. The largest absolute Gasteiger partial charge is 0.501 e. The fraction of sp³-hybridized carbons (Fsp3) is 0.429. The van der Waals surface area contributed by atoms with Crippen molar-refractivity contribution in [2.75, 3.05) is 13.8 Å². The summed E-state index contributed by atoms with van der Waals surface area (Å²) in [6, 6.07) is 0. The Kier molecular flexibility index (Phi) is 4.88. The van der Waals surface area contributed by atoms with Crippen molar-refractivity contribution in [3.63, 3.8) is 0 Å². The van der Waals surface area contributed by atoms with E-state index in [-0.39, 0.29) is 0 Å². The van der Waals surface area contributed by atoms with Crippen molar-refractivity contribution in [3.05, 3.63) is 24.0 Å². The highest BCUT2D eigenvalue weighted by molar-refractivity contribution is 5.05. The Hall–Kier alpha value is -0.790. The Labute approximate surface area is 54.8 Å². The number of ether oxygens (including phenoxy) is 1. The molecule has 52 valence electrons. The summed E-state index contributed by atoms with van der Waals surface area (Å²) in [7, 11) is 1.58. The van der Waals surface area contributed by atoms with Crippen LogP contribution in [0.4, 0.5) is 4.39 Å². The molecule has 0 aromatic rings. The number of rotatable bonds is 3. The van der Waals surface area contributed by atoms with E-state index in [1.807, 2.05) is 6.92 Å². The number of hydrogen-bond donors (Lipinski definition) is 0. The molecule has 0 rings (SSSR count). The number of allylic oxidation sites excluding steroid dienone is 4. The molecule has 9 heavy (non-hydrogen) atoms. The minimum atomic E-state index is -0.423. The second-order valence-corrected chi connectivity index (χ2v) is 1.56. The van der Waals surface area contributed by atoms with Gasteiger partial charge in [-0.25, -0.2) is 4.39 Å². The Bertz CT molecular complexity index is 116. The van der Waals surface area contributed by atoms with Gasteiger partial charge in [-0.2, -0.15) is 0 Å². The summed E-state index contributed by atoms with van der Waals surface area (Å²) in [6.45, 7) is 1.38. The third-order valence-electron chi connectivity index (χ3n) is 0.878. The standard InChI is InChI=1S/C7H11FO/c1-7(9-2)5-3-4-6-8/h3-5H,6H2,1-2H3/b4-3-,7-5+. The van der Waals surface area contributed by atoms with Crippen LogP contribution in [0, 0.1) is 0 Å². The van der Waals surface area contributed by atoms with Gasteiger partial charge in [0, 0.05) is 0 Å². The highest BCUT2D eigenvalue weighted by Crippen LogP contribution is 1.91. The first-order chi connectivity index (χ1) is 4.31. The van der Waals surface area contributed by atoms with E-state index in [0.717, 1.165) is 5.76 Å². The van der Waals surface area contributed by atoms with Crippen LogP contribution in [-0.2, 0) is 4.74 Å². The van der Waals surface area contributed by atoms with Crippen molar-refractivity contribution in [1.29, 1.82) is 0 Å². The molecule has 0 aromatic heterocycles. The molecule has 0 atom stereocenters. The predicted molar refractivity (Wildman–Crippen MR) is 35.9 cm³/mol. The van der Waals surface area contributed by atoms with Crippen molar-refractivity contribution in [1.82, 2.24) is 0 Å². The lowest BCUT2D eigenvalue weighted by atomic mass is 10.4. The maximum atomic E-state index is 11.4. The molecular formula is C7H11FO. The van der Waals surface area contributed by atoms with Crippen LogP contribution in [0.15, 0.2) is 24.0 Å². The van der Waals surface area contributed by atoms with E-state index in [1.54, 1.807) is 19.3 Å². The maximum Gasteiger partial charge on any atom is 0.108 e. The number of methoxy groups -OCH3 is 1. The fourth-order valence-electron chi connectivity index (χ4n) is 0.323. The molecule has 0 radical (unpaired) electrons. The normalized spacial score (nSPS) is 12.6. The summed E-state index contributed by atoms with van der Waals surface area (Å²) in [5.74, 6) is 0.778. The molecule has 0 aliphatic carbocycles. The van der Waals surface area contributed by atoms with Crippen molar-refractivity contribution in [2.45, 2.75) is 6.92 Å².